The number of rotatable bonds is 24. The van der Waals surface area contributed by atoms with Crippen molar-refractivity contribution < 1.29 is 24.5 Å². The van der Waals surface area contributed by atoms with Crippen molar-refractivity contribution in [3.8, 4) is 0 Å². The van der Waals surface area contributed by atoms with E-state index in [0.717, 1.165) is 6.21 Å². The Kier molecular flexibility index (Phi) is 18.2. The lowest BCUT2D eigenvalue weighted by molar-refractivity contribution is -0.126. The summed E-state index contributed by atoms with van der Waals surface area (Å²) in [7, 11) is 0. The number of hydrogen-bond acceptors (Lipinski definition) is 13. The van der Waals surface area contributed by atoms with Crippen molar-refractivity contribution >= 4 is 59.3 Å². The fourth-order valence-electron chi connectivity index (χ4n) is 4.84. The van der Waals surface area contributed by atoms with E-state index >= 15 is 0 Å². The van der Waals surface area contributed by atoms with Crippen molar-refractivity contribution in [3.63, 3.8) is 0 Å². The highest BCUT2D eigenvalue weighted by atomic mass is 127. The number of amides is 2. The molecular weight excluding hydrogens is 701 g/mol. The first kappa shape index (κ1) is 39.1. The average molecular weight is 742 g/mol. The number of aliphatic hydroxyl groups is 2. The minimum Gasteiger partial charge on any atom is -0.504 e. The van der Waals surface area contributed by atoms with Gasteiger partial charge < -0.3 is 41.9 Å². The highest BCUT2D eigenvalue weighted by molar-refractivity contribution is 14.1. The molecule has 8 N–H and O–H groups in total. The molecule has 0 fully saturated rings. The van der Waals surface area contributed by atoms with Crippen molar-refractivity contribution in [2.24, 2.45) is 44.5 Å². The number of ether oxygens (including phenoxy) is 1. The Bertz CT molecular complexity index is 1180. The van der Waals surface area contributed by atoms with E-state index in [2.05, 4.69) is 48.2 Å². The van der Waals surface area contributed by atoms with Crippen molar-refractivity contribution in [1.29, 1.82) is 27.2 Å². The molecule has 246 valence electrons. The molecule has 0 aliphatic heterocycles. The first-order valence-electron chi connectivity index (χ1n) is 14.1. The van der Waals surface area contributed by atoms with Crippen LogP contribution in [-0.4, -0.2) is 83.2 Å². The van der Waals surface area contributed by atoms with Gasteiger partial charge in [0.15, 0.2) is 11.5 Å². The summed E-state index contributed by atoms with van der Waals surface area (Å²) >= 11 is 2.06. The van der Waals surface area contributed by atoms with E-state index in [0.29, 0.717) is 38.1 Å². The van der Waals surface area contributed by atoms with Gasteiger partial charge in [0.2, 0.25) is 5.91 Å². The molecule has 18 heteroatoms. The number of nitrogens with one attached hydrogen (secondary N) is 6. The van der Waals surface area contributed by atoms with E-state index < -0.39 is 45.6 Å². The zero-order valence-corrected chi connectivity index (χ0v) is 26.8. The number of allylic oxidation sites excluding steroid dienone is 2. The number of carbonyl (C=O) groups is 2. The second kappa shape index (κ2) is 20.9. The molecule has 0 saturated heterocycles. The van der Waals surface area contributed by atoms with Crippen molar-refractivity contribution in [2.45, 2.75) is 48.5 Å². The van der Waals surface area contributed by atoms with Crippen LogP contribution in [0, 0.1) is 61.2 Å². The smallest absolute Gasteiger partial charge is 0.282 e. The van der Waals surface area contributed by atoms with Gasteiger partial charge >= 0.3 is 0 Å². The van der Waals surface area contributed by atoms with Crippen molar-refractivity contribution in [1.82, 2.24) is 5.32 Å². The van der Waals surface area contributed by atoms with Crippen LogP contribution in [0.15, 0.2) is 39.1 Å². The molecular formula is C27H40IN11O6. The van der Waals surface area contributed by atoms with Crippen molar-refractivity contribution in [2.75, 3.05) is 26.3 Å². The molecule has 1 aliphatic rings. The van der Waals surface area contributed by atoms with Crippen LogP contribution in [0.3, 0.4) is 0 Å². The molecule has 0 saturated carbocycles. The van der Waals surface area contributed by atoms with Gasteiger partial charge in [-0.2, -0.15) is 4.91 Å². The van der Waals surface area contributed by atoms with Crippen LogP contribution in [0.1, 0.15) is 38.5 Å². The lowest BCUT2D eigenvalue weighted by Crippen LogP contribution is -2.46. The second-order valence-electron chi connectivity index (χ2n) is 10.5. The van der Waals surface area contributed by atoms with E-state index in [1.807, 2.05) is 0 Å². The Morgan fingerprint density at radius 1 is 1.27 bits per heavy atom. The van der Waals surface area contributed by atoms with Crippen LogP contribution in [-0.2, 0) is 14.3 Å². The lowest BCUT2D eigenvalue weighted by Gasteiger charge is -2.31. The average Bonchev–Trinajstić information content (AvgIpc) is 3.04. The molecule has 6 atom stereocenters. The maximum absolute atomic E-state index is 13.1. The zero-order valence-electron chi connectivity index (χ0n) is 24.6. The van der Waals surface area contributed by atoms with Crippen LogP contribution in [0.5, 0.6) is 0 Å². The number of halogens is 1. The van der Waals surface area contributed by atoms with Crippen LogP contribution < -0.4 is 5.32 Å². The van der Waals surface area contributed by atoms with E-state index in [4.69, 9.17) is 42.5 Å². The normalized spacial score (nSPS) is 18.8. The van der Waals surface area contributed by atoms with Gasteiger partial charge in [-0.15, -0.1) is 5.11 Å². The van der Waals surface area contributed by atoms with Gasteiger partial charge in [0.25, 0.3) is 5.91 Å². The first-order chi connectivity index (χ1) is 21.6. The molecule has 0 bridgehead atoms. The number of hydrogen-bond donors (Lipinski definition) is 8. The highest BCUT2D eigenvalue weighted by Crippen LogP contribution is 2.35. The molecule has 2 unspecified atom stereocenters. The lowest BCUT2D eigenvalue weighted by atomic mass is 9.78. The number of nitrogens with zero attached hydrogens (tertiary/aromatic N) is 5. The molecule has 1 aliphatic carbocycles. The molecule has 0 aromatic heterocycles. The van der Waals surface area contributed by atoms with Gasteiger partial charge in [-0.25, -0.2) is 5.53 Å². The number of nitroso groups, excluding NO2 is 1. The quantitative estimate of drug-likeness (QED) is 0.0102. The minimum atomic E-state index is -1.93. The molecule has 1 rings (SSSR count). The van der Waals surface area contributed by atoms with Crippen LogP contribution in [0.4, 0.5) is 0 Å². The Morgan fingerprint density at radius 3 is 2.53 bits per heavy atom. The van der Waals surface area contributed by atoms with E-state index in [-0.39, 0.29) is 56.0 Å². The maximum atomic E-state index is 13.1. The van der Waals surface area contributed by atoms with Crippen LogP contribution in [0.25, 0.3) is 10.4 Å². The van der Waals surface area contributed by atoms with E-state index in [1.165, 1.54) is 6.21 Å². The second-order valence-corrected chi connectivity index (χ2v) is 12.1. The summed E-state index contributed by atoms with van der Waals surface area (Å²) in [5, 5.41) is 62.0. The van der Waals surface area contributed by atoms with Crippen molar-refractivity contribution in [3.05, 3.63) is 39.0 Å². The molecule has 45 heavy (non-hydrogen) atoms. The monoisotopic (exact) mass is 741 g/mol. The highest BCUT2D eigenvalue weighted by Gasteiger charge is 2.37. The molecule has 17 nitrogen and oxygen atoms in total. The Labute approximate surface area is 273 Å². The van der Waals surface area contributed by atoms with Gasteiger partial charge in [-0.3, -0.25) is 9.59 Å². The largest absolute Gasteiger partial charge is 0.504 e. The summed E-state index contributed by atoms with van der Waals surface area (Å²) in [6.07, 6.45) is 8.42. The summed E-state index contributed by atoms with van der Waals surface area (Å²) < 4.78 is 5.16. The van der Waals surface area contributed by atoms with E-state index in [9.17, 15) is 19.6 Å². The Hall–Kier alpha value is -3.90. The molecule has 2 amide bonds. The first-order valence-corrected chi connectivity index (χ1v) is 15.4. The molecule has 0 radical (unpaired) electrons. The third kappa shape index (κ3) is 12.2. The van der Waals surface area contributed by atoms with E-state index in [1.54, 1.807) is 12.2 Å². The maximum Gasteiger partial charge on any atom is 0.282 e. The van der Waals surface area contributed by atoms with Gasteiger partial charge in [-0.05, 0) is 74.1 Å². The van der Waals surface area contributed by atoms with Crippen LogP contribution in [0.2, 0.25) is 0 Å². The molecule has 0 heterocycles. The predicted molar refractivity (Wildman–Crippen MR) is 176 cm³/mol. The number of azide groups is 1. The Balaban J connectivity index is 3.16. The third-order valence-electron chi connectivity index (χ3n) is 7.54. The summed E-state index contributed by atoms with van der Waals surface area (Å²) in [4.78, 5) is 40.0. The number of carbonyl (C=O) groups excluding carboxylic acids is 2. The number of alkyl halides is 1. The molecule has 0 aromatic carbocycles. The third-order valence-corrected chi connectivity index (χ3v) is 8.88. The minimum absolute atomic E-state index is 0.00847. The predicted octanol–water partition coefficient (Wildman–Crippen LogP) is 4.65. The molecule has 0 spiro atoms. The zero-order chi connectivity index (χ0) is 33.8. The summed E-state index contributed by atoms with van der Waals surface area (Å²) in [5.41, 5.74) is 13.9. The standard InChI is InChI=1S/C27H40IN11O6/c28-21(22(38-44)11-18(4-5-29)25(42)35-16-27(14-31,15-32)26(43)37-33)10-19(20(12-30)13-36-39-34)8-17-2-3-23(41)24(9-17)45-7-1-6-40/h3,5,9,12,14-15,17-22,29-33,40-41H,1-2,4,6-8,10-11,13,16H2,(H,35,42)/t17?,18-,19+,20?,21+,22+,27?/m1/s1. The molecule has 0 aromatic rings. The number of aliphatic hydroxyl groups excluding tert-OH is 2. The van der Waals surface area contributed by atoms with Gasteiger partial charge in [0, 0.05) is 59.2 Å². The summed E-state index contributed by atoms with van der Waals surface area (Å²) in [6, 6.07) is -0.905. The summed E-state index contributed by atoms with van der Waals surface area (Å²) in [6.45, 7) is -0.350. The SMILES string of the molecule is [N-]=[N+]=NCC(C=N)[C@@H](CC1C=C(OCCCO)C(O)=CC1)C[C@H](I)[C@H](C[C@@H](CC=N)C(=O)NCC(C=N)(C=N)C(=O)N=N)N=O. The Morgan fingerprint density at radius 2 is 1.98 bits per heavy atom. The fraction of sp³-hybridized carbons (Fsp3) is 0.630. The topological polar surface area (TPSA) is 306 Å². The van der Waals surface area contributed by atoms with Crippen LogP contribution >= 0.6 is 22.6 Å². The van der Waals surface area contributed by atoms with Gasteiger partial charge in [0.05, 0.1) is 6.61 Å². The summed E-state index contributed by atoms with van der Waals surface area (Å²) in [5.74, 6) is -3.25. The van der Waals surface area contributed by atoms with Gasteiger partial charge in [0.1, 0.15) is 11.5 Å². The van der Waals surface area contributed by atoms with Gasteiger partial charge in [-0.1, -0.05) is 32.9 Å². The fourth-order valence-corrected chi connectivity index (χ4v) is 5.92.